The summed E-state index contributed by atoms with van der Waals surface area (Å²) in [6, 6.07) is -0.217. The van der Waals surface area contributed by atoms with E-state index in [9.17, 15) is 31.1 Å². The molecule has 1 aliphatic rings. The molecule has 1 aromatic carbocycles. The summed E-state index contributed by atoms with van der Waals surface area (Å²) in [5, 5.41) is 5.10. The van der Waals surface area contributed by atoms with Crippen molar-refractivity contribution < 1.29 is 35.9 Å². The third kappa shape index (κ3) is 4.71. The van der Waals surface area contributed by atoms with Crippen molar-refractivity contribution in [1.82, 2.24) is 10.6 Å². The van der Waals surface area contributed by atoms with Crippen molar-refractivity contribution in [2.45, 2.75) is 32.2 Å². The van der Waals surface area contributed by atoms with Gasteiger partial charge in [0.05, 0.1) is 29.3 Å². The molecule has 0 spiro atoms. The molecule has 148 valence electrons. The van der Waals surface area contributed by atoms with Crippen LogP contribution in [0.1, 0.15) is 36.6 Å². The van der Waals surface area contributed by atoms with Gasteiger partial charge in [-0.1, -0.05) is 0 Å². The van der Waals surface area contributed by atoms with Gasteiger partial charge in [0, 0.05) is 5.70 Å². The lowest BCUT2D eigenvalue weighted by Crippen LogP contribution is -2.45. The van der Waals surface area contributed by atoms with Crippen molar-refractivity contribution in [3.8, 4) is 0 Å². The number of benzene rings is 1. The minimum atomic E-state index is -5.01. The third-order valence-electron chi connectivity index (χ3n) is 3.71. The minimum absolute atomic E-state index is 0.0174. The Hall–Kier alpha value is -2.30. The minimum Gasteiger partial charge on any atom is -0.463 e. The molecule has 4 nitrogen and oxygen atoms in total. The molecule has 0 bridgehead atoms. The number of allylic oxidation sites excluding steroid dienone is 1. The van der Waals surface area contributed by atoms with Gasteiger partial charge in [0.15, 0.2) is 5.11 Å². The van der Waals surface area contributed by atoms with E-state index in [0.717, 1.165) is 0 Å². The van der Waals surface area contributed by atoms with E-state index in [1.54, 1.807) is 0 Å². The highest BCUT2D eigenvalue weighted by atomic mass is 32.1. The van der Waals surface area contributed by atoms with E-state index in [4.69, 9.17) is 17.0 Å². The van der Waals surface area contributed by atoms with Crippen LogP contribution in [0.25, 0.3) is 0 Å². The summed E-state index contributed by atoms with van der Waals surface area (Å²) < 4.78 is 83.5. The molecule has 0 saturated heterocycles. The Morgan fingerprint density at radius 3 is 2.07 bits per heavy atom. The molecule has 1 atom stereocenters. The van der Waals surface area contributed by atoms with Gasteiger partial charge in [0.1, 0.15) is 0 Å². The first-order valence-electron chi connectivity index (χ1n) is 7.59. The molecule has 27 heavy (non-hydrogen) atoms. The maximum absolute atomic E-state index is 13.1. The highest BCUT2D eigenvalue weighted by Gasteiger charge is 2.39. The molecular weight excluding hydrogens is 398 g/mol. The smallest absolute Gasteiger partial charge is 0.416 e. The standard InChI is InChI=1S/C16H14F6N2O2S/c1-3-26-13(25)11-7(2)23-14(27)24-12(11)8-4-9(15(17,18)19)6-10(5-8)16(20,21)22/h4-6,12H,3H2,1-2H3,(H2,23,24,27)/t12-/m1/s1. The molecule has 11 heteroatoms. The molecule has 1 aliphatic heterocycles. The Bertz CT molecular complexity index is 769. The van der Waals surface area contributed by atoms with Crippen molar-refractivity contribution >= 4 is 23.3 Å². The van der Waals surface area contributed by atoms with Gasteiger partial charge in [-0.25, -0.2) is 4.79 Å². The summed E-state index contributed by atoms with van der Waals surface area (Å²) in [7, 11) is 0. The van der Waals surface area contributed by atoms with E-state index >= 15 is 0 Å². The molecule has 2 rings (SSSR count). The topological polar surface area (TPSA) is 50.4 Å². The van der Waals surface area contributed by atoms with Crippen LogP contribution >= 0.6 is 12.2 Å². The number of alkyl halides is 6. The fraction of sp³-hybridized carbons (Fsp3) is 0.375. The summed E-state index contributed by atoms with van der Waals surface area (Å²) in [5.74, 6) is -0.881. The van der Waals surface area contributed by atoms with Crippen LogP contribution in [0, 0.1) is 0 Å². The van der Waals surface area contributed by atoms with E-state index in [0.29, 0.717) is 12.1 Å². The van der Waals surface area contributed by atoms with E-state index in [1.165, 1.54) is 13.8 Å². The lowest BCUT2D eigenvalue weighted by Gasteiger charge is -2.30. The van der Waals surface area contributed by atoms with Crippen LogP contribution in [0.3, 0.4) is 0 Å². The first-order chi connectivity index (χ1) is 12.3. The fourth-order valence-electron chi connectivity index (χ4n) is 2.57. The van der Waals surface area contributed by atoms with Crippen molar-refractivity contribution in [2.24, 2.45) is 0 Å². The highest BCUT2D eigenvalue weighted by molar-refractivity contribution is 7.80. The fourth-order valence-corrected chi connectivity index (χ4v) is 2.84. The molecule has 1 heterocycles. The third-order valence-corrected chi connectivity index (χ3v) is 3.93. The number of ether oxygens (including phenoxy) is 1. The lowest BCUT2D eigenvalue weighted by molar-refractivity contribution is -0.143. The van der Waals surface area contributed by atoms with E-state index < -0.39 is 41.1 Å². The van der Waals surface area contributed by atoms with Gasteiger partial charge in [0.25, 0.3) is 0 Å². The average Bonchev–Trinajstić information content (AvgIpc) is 2.52. The molecular formula is C16H14F6N2O2S. The summed E-state index contributed by atoms with van der Waals surface area (Å²) in [6.07, 6.45) is -10.0. The first-order valence-corrected chi connectivity index (χ1v) is 8.00. The van der Waals surface area contributed by atoms with Crippen LogP contribution in [-0.2, 0) is 21.9 Å². The maximum Gasteiger partial charge on any atom is 0.416 e. The zero-order valence-corrected chi connectivity index (χ0v) is 14.8. The number of nitrogens with one attached hydrogen (secondary N) is 2. The van der Waals surface area contributed by atoms with Crippen molar-refractivity contribution in [1.29, 1.82) is 0 Å². The van der Waals surface area contributed by atoms with Crippen LogP contribution in [-0.4, -0.2) is 17.7 Å². The van der Waals surface area contributed by atoms with E-state index in [1.807, 2.05) is 0 Å². The van der Waals surface area contributed by atoms with Crippen molar-refractivity contribution in [2.75, 3.05) is 6.61 Å². The van der Waals surface area contributed by atoms with Crippen LogP contribution in [0.5, 0.6) is 0 Å². The second-order valence-corrected chi connectivity index (χ2v) is 6.04. The summed E-state index contributed by atoms with van der Waals surface area (Å²) in [5.41, 5.74) is -3.37. The molecule has 0 radical (unpaired) electrons. The van der Waals surface area contributed by atoms with Gasteiger partial charge in [-0.3, -0.25) is 0 Å². The zero-order valence-electron chi connectivity index (χ0n) is 14.0. The molecule has 0 fully saturated rings. The van der Waals surface area contributed by atoms with Crippen LogP contribution in [0.4, 0.5) is 26.3 Å². The molecule has 0 unspecified atom stereocenters. The average molecular weight is 412 g/mol. The molecule has 0 aliphatic carbocycles. The Kier molecular flexibility index (Phi) is 5.74. The summed E-state index contributed by atoms with van der Waals surface area (Å²) in [4.78, 5) is 12.2. The van der Waals surface area contributed by atoms with Gasteiger partial charge >= 0.3 is 18.3 Å². The second kappa shape index (κ2) is 7.37. The molecule has 2 N–H and O–H groups in total. The Balaban J connectivity index is 2.67. The van der Waals surface area contributed by atoms with Crippen LogP contribution in [0.2, 0.25) is 0 Å². The quantitative estimate of drug-likeness (QED) is 0.445. The Labute approximate surface area is 155 Å². The van der Waals surface area contributed by atoms with Crippen LogP contribution < -0.4 is 10.6 Å². The van der Waals surface area contributed by atoms with E-state index in [2.05, 4.69) is 10.6 Å². The van der Waals surface area contributed by atoms with Gasteiger partial charge in [-0.05, 0) is 49.8 Å². The predicted octanol–water partition coefficient (Wildman–Crippen LogP) is 4.08. The van der Waals surface area contributed by atoms with Gasteiger partial charge in [-0.2, -0.15) is 26.3 Å². The number of esters is 1. The van der Waals surface area contributed by atoms with Gasteiger partial charge < -0.3 is 15.4 Å². The van der Waals surface area contributed by atoms with Crippen LogP contribution in [0.15, 0.2) is 29.5 Å². The first kappa shape index (κ1) is 21.0. The Morgan fingerprint density at radius 1 is 1.11 bits per heavy atom. The normalized spacial score (nSPS) is 18.1. The monoisotopic (exact) mass is 412 g/mol. The maximum atomic E-state index is 13.1. The number of carbonyl (C=O) groups is 1. The number of hydrogen-bond donors (Lipinski definition) is 2. The largest absolute Gasteiger partial charge is 0.463 e. The number of rotatable bonds is 3. The van der Waals surface area contributed by atoms with Gasteiger partial charge in [-0.15, -0.1) is 0 Å². The number of hydrogen-bond acceptors (Lipinski definition) is 3. The summed E-state index contributed by atoms with van der Waals surface area (Å²) >= 11 is 4.92. The number of thiocarbonyl (C=S) groups is 1. The van der Waals surface area contributed by atoms with Gasteiger partial charge in [0.2, 0.25) is 0 Å². The number of carbonyl (C=O) groups excluding carboxylic acids is 1. The molecule has 0 saturated carbocycles. The summed E-state index contributed by atoms with van der Waals surface area (Å²) in [6.45, 7) is 2.91. The van der Waals surface area contributed by atoms with E-state index in [-0.39, 0.29) is 29.1 Å². The SMILES string of the molecule is CCOC(=O)C1=C(C)NC(=S)N[C@@H]1c1cc(C(F)(F)F)cc(C(F)(F)F)c1. The number of halogens is 6. The molecule has 0 aromatic heterocycles. The highest BCUT2D eigenvalue weighted by Crippen LogP contribution is 2.39. The molecule has 1 aromatic rings. The van der Waals surface area contributed by atoms with Crippen molar-refractivity contribution in [3.05, 3.63) is 46.2 Å². The zero-order chi connectivity index (χ0) is 20.6. The Morgan fingerprint density at radius 2 is 1.63 bits per heavy atom. The van der Waals surface area contributed by atoms with Crippen molar-refractivity contribution in [3.63, 3.8) is 0 Å². The molecule has 0 amide bonds. The predicted molar refractivity (Wildman–Crippen MR) is 87.4 cm³/mol. The second-order valence-electron chi connectivity index (χ2n) is 5.63. The lowest BCUT2D eigenvalue weighted by atomic mass is 9.92.